The van der Waals surface area contributed by atoms with Crippen LogP contribution in [-0.4, -0.2) is 34.9 Å². The van der Waals surface area contributed by atoms with E-state index in [9.17, 15) is 4.79 Å². The molecular weight excluding hydrogens is 286 g/mol. The van der Waals surface area contributed by atoms with Gasteiger partial charge in [-0.3, -0.25) is 4.79 Å². The van der Waals surface area contributed by atoms with Crippen LogP contribution in [0.3, 0.4) is 0 Å². The van der Waals surface area contributed by atoms with Gasteiger partial charge in [0.1, 0.15) is 11.0 Å². The summed E-state index contributed by atoms with van der Waals surface area (Å²) >= 11 is 6.17. The van der Waals surface area contributed by atoms with E-state index < -0.39 is 0 Å². The Bertz CT molecular complexity index is 567. The van der Waals surface area contributed by atoms with E-state index in [-0.39, 0.29) is 5.91 Å². The summed E-state index contributed by atoms with van der Waals surface area (Å²) in [7, 11) is 0. The highest BCUT2D eigenvalue weighted by molar-refractivity contribution is 6.29. The number of carbonyl (C=O) groups is 1. The summed E-state index contributed by atoms with van der Waals surface area (Å²) in [5, 5.41) is 0.476. The van der Waals surface area contributed by atoms with Gasteiger partial charge in [0.25, 0.3) is 5.91 Å². The van der Waals surface area contributed by atoms with Crippen LogP contribution in [0, 0.1) is 5.92 Å². The Labute approximate surface area is 131 Å². The van der Waals surface area contributed by atoms with Crippen molar-refractivity contribution < 1.29 is 4.79 Å². The van der Waals surface area contributed by atoms with E-state index in [1.165, 1.54) is 12.8 Å². The molecule has 1 atom stereocenters. The van der Waals surface area contributed by atoms with Crippen molar-refractivity contribution in [2.24, 2.45) is 5.92 Å². The highest BCUT2D eigenvalue weighted by Gasteiger charge is 2.40. The van der Waals surface area contributed by atoms with Gasteiger partial charge in [0.05, 0.1) is 5.56 Å². The maximum atomic E-state index is 12.9. The SMILES string of the molecule is CCN(CC)c1nc(Cl)cc2c1C(=O)N([C@@H](C)C1CC1)C2. The van der Waals surface area contributed by atoms with Crippen molar-refractivity contribution in [1.29, 1.82) is 0 Å². The van der Waals surface area contributed by atoms with Crippen molar-refractivity contribution >= 4 is 23.3 Å². The lowest BCUT2D eigenvalue weighted by Crippen LogP contribution is -2.35. The van der Waals surface area contributed by atoms with Crippen LogP contribution in [0.5, 0.6) is 0 Å². The number of pyridine rings is 1. The molecular formula is C16H22ClN3O. The lowest BCUT2D eigenvalue weighted by molar-refractivity contribution is 0.0698. The fourth-order valence-electron chi connectivity index (χ4n) is 3.22. The maximum absolute atomic E-state index is 12.9. The molecule has 0 unspecified atom stereocenters. The lowest BCUT2D eigenvalue weighted by atomic mass is 10.1. The summed E-state index contributed by atoms with van der Waals surface area (Å²) in [5.74, 6) is 1.54. The summed E-state index contributed by atoms with van der Waals surface area (Å²) in [4.78, 5) is 21.4. The van der Waals surface area contributed by atoms with Gasteiger partial charge in [-0.25, -0.2) is 4.98 Å². The molecule has 1 saturated carbocycles. The van der Waals surface area contributed by atoms with Gasteiger partial charge in [-0.1, -0.05) is 11.6 Å². The molecule has 0 aromatic carbocycles. The largest absolute Gasteiger partial charge is 0.356 e. The number of aromatic nitrogens is 1. The summed E-state index contributed by atoms with van der Waals surface area (Å²) in [5.41, 5.74) is 1.78. The molecule has 2 aliphatic rings. The van der Waals surface area contributed by atoms with Gasteiger partial charge < -0.3 is 9.80 Å². The molecule has 0 spiro atoms. The molecule has 1 aliphatic carbocycles. The van der Waals surface area contributed by atoms with E-state index in [2.05, 4.69) is 30.7 Å². The molecule has 21 heavy (non-hydrogen) atoms. The summed E-state index contributed by atoms with van der Waals surface area (Å²) in [6, 6.07) is 2.16. The molecule has 5 heteroatoms. The second-order valence-electron chi connectivity index (χ2n) is 5.99. The average Bonchev–Trinajstić information content (AvgIpc) is 3.24. The van der Waals surface area contributed by atoms with Gasteiger partial charge >= 0.3 is 0 Å². The third kappa shape index (κ3) is 2.50. The molecule has 4 nitrogen and oxygen atoms in total. The zero-order valence-corrected chi connectivity index (χ0v) is 13.7. The maximum Gasteiger partial charge on any atom is 0.258 e. The van der Waals surface area contributed by atoms with Gasteiger partial charge in [0.15, 0.2) is 0 Å². The van der Waals surface area contributed by atoms with Gasteiger partial charge in [-0.05, 0) is 51.2 Å². The zero-order chi connectivity index (χ0) is 15.1. The van der Waals surface area contributed by atoms with Crippen molar-refractivity contribution in [3.05, 3.63) is 22.3 Å². The van der Waals surface area contributed by atoms with Gasteiger partial charge in [0.2, 0.25) is 0 Å². The van der Waals surface area contributed by atoms with Crippen molar-refractivity contribution in [2.45, 2.75) is 46.2 Å². The van der Waals surface area contributed by atoms with E-state index in [0.29, 0.717) is 23.7 Å². The van der Waals surface area contributed by atoms with Crippen LogP contribution in [0.2, 0.25) is 5.15 Å². The number of rotatable bonds is 5. The first-order valence-corrected chi connectivity index (χ1v) is 8.19. The Morgan fingerprint density at radius 1 is 1.43 bits per heavy atom. The number of hydrogen-bond donors (Lipinski definition) is 0. The lowest BCUT2D eigenvalue weighted by Gasteiger charge is -2.25. The average molecular weight is 308 g/mol. The first-order valence-electron chi connectivity index (χ1n) is 7.82. The molecule has 1 aliphatic heterocycles. The highest BCUT2D eigenvalue weighted by Crippen LogP contribution is 2.40. The van der Waals surface area contributed by atoms with Crippen molar-refractivity contribution in [3.8, 4) is 0 Å². The topological polar surface area (TPSA) is 36.4 Å². The van der Waals surface area contributed by atoms with E-state index in [4.69, 9.17) is 11.6 Å². The van der Waals surface area contributed by atoms with Crippen LogP contribution in [0.4, 0.5) is 5.82 Å². The summed E-state index contributed by atoms with van der Waals surface area (Å²) in [6.45, 7) is 8.62. The van der Waals surface area contributed by atoms with E-state index in [1.54, 1.807) is 0 Å². The fraction of sp³-hybridized carbons (Fsp3) is 0.625. The van der Waals surface area contributed by atoms with Gasteiger partial charge in [0, 0.05) is 25.7 Å². The van der Waals surface area contributed by atoms with Crippen LogP contribution in [-0.2, 0) is 6.54 Å². The monoisotopic (exact) mass is 307 g/mol. The van der Waals surface area contributed by atoms with Crippen LogP contribution in [0.1, 0.15) is 49.5 Å². The Kier molecular flexibility index (Phi) is 3.82. The first-order chi connectivity index (χ1) is 10.1. The molecule has 1 amide bonds. The Hall–Kier alpha value is -1.29. The second-order valence-corrected chi connectivity index (χ2v) is 6.37. The third-order valence-corrected chi connectivity index (χ3v) is 4.92. The Morgan fingerprint density at radius 3 is 2.67 bits per heavy atom. The quantitative estimate of drug-likeness (QED) is 0.783. The molecule has 0 saturated heterocycles. The predicted molar refractivity (Wildman–Crippen MR) is 84.9 cm³/mol. The van der Waals surface area contributed by atoms with Crippen molar-refractivity contribution in [2.75, 3.05) is 18.0 Å². The number of nitrogens with zero attached hydrogens (tertiary/aromatic N) is 3. The minimum Gasteiger partial charge on any atom is -0.356 e. The first kappa shape index (κ1) is 14.6. The highest BCUT2D eigenvalue weighted by atomic mass is 35.5. The van der Waals surface area contributed by atoms with Crippen LogP contribution < -0.4 is 4.90 Å². The van der Waals surface area contributed by atoms with E-state index in [1.807, 2.05) is 11.0 Å². The second kappa shape index (κ2) is 5.48. The molecule has 0 radical (unpaired) electrons. The molecule has 1 aromatic rings. The molecule has 0 bridgehead atoms. The normalized spacial score (nSPS) is 18.9. The molecule has 0 N–H and O–H groups in total. The Morgan fingerprint density at radius 2 is 2.10 bits per heavy atom. The van der Waals surface area contributed by atoms with Crippen LogP contribution in [0.25, 0.3) is 0 Å². The summed E-state index contributed by atoms with van der Waals surface area (Å²) in [6.07, 6.45) is 2.48. The number of fused-ring (bicyclic) bond motifs is 1. The third-order valence-electron chi connectivity index (χ3n) is 4.73. The Balaban J connectivity index is 1.99. The number of amides is 1. The smallest absolute Gasteiger partial charge is 0.258 e. The standard InChI is InChI=1S/C16H22ClN3O/c1-4-19(5-2)15-14-12(8-13(17)18-15)9-20(16(14)21)10(3)11-6-7-11/h8,10-11H,4-7,9H2,1-3H3/t10-/m0/s1. The molecule has 2 heterocycles. The predicted octanol–water partition coefficient (Wildman–Crippen LogP) is 3.34. The number of carbonyl (C=O) groups excluding carboxylic acids is 1. The molecule has 114 valence electrons. The minimum absolute atomic E-state index is 0.121. The number of hydrogen-bond acceptors (Lipinski definition) is 3. The molecule has 1 fully saturated rings. The fourth-order valence-corrected chi connectivity index (χ4v) is 3.43. The van der Waals surface area contributed by atoms with Gasteiger partial charge in [-0.2, -0.15) is 0 Å². The zero-order valence-electron chi connectivity index (χ0n) is 12.9. The molecule has 1 aromatic heterocycles. The van der Waals surface area contributed by atoms with Gasteiger partial charge in [-0.15, -0.1) is 0 Å². The summed E-state index contributed by atoms with van der Waals surface area (Å²) < 4.78 is 0. The van der Waals surface area contributed by atoms with E-state index in [0.717, 1.165) is 30.0 Å². The number of anilines is 1. The van der Waals surface area contributed by atoms with Crippen LogP contribution in [0.15, 0.2) is 6.07 Å². The van der Waals surface area contributed by atoms with E-state index >= 15 is 0 Å². The molecule has 3 rings (SSSR count). The van der Waals surface area contributed by atoms with Crippen molar-refractivity contribution in [3.63, 3.8) is 0 Å². The van der Waals surface area contributed by atoms with Crippen molar-refractivity contribution in [1.82, 2.24) is 9.88 Å². The number of halogens is 1. The minimum atomic E-state index is 0.121. The van der Waals surface area contributed by atoms with Crippen LogP contribution >= 0.6 is 11.6 Å².